The van der Waals surface area contributed by atoms with E-state index in [1.165, 1.54) is 4.74 Å². The summed E-state index contributed by atoms with van der Waals surface area (Å²) in [5, 5.41) is 0. The molecule has 0 spiro atoms. The van der Waals surface area contributed by atoms with Gasteiger partial charge in [-0.1, -0.05) is 0 Å². The summed E-state index contributed by atoms with van der Waals surface area (Å²) >= 11 is 0. The van der Waals surface area contributed by atoms with E-state index in [9.17, 15) is 101 Å². The van der Waals surface area contributed by atoms with E-state index in [4.69, 9.17) is 0 Å². The van der Waals surface area contributed by atoms with Crippen LogP contribution in [0.2, 0.25) is 0 Å². The van der Waals surface area contributed by atoms with Crippen molar-refractivity contribution in [2.75, 3.05) is 0 Å². The number of hydrogen-bond donors (Lipinski definition) is 0. The van der Waals surface area contributed by atoms with E-state index >= 15 is 0 Å². The molecule has 3 nitrogen and oxygen atoms in total. The zero-order chi connectivity index (χ0) is 32.5. The van der Waals surface area contributed by atoms with Crippen LogP contribution < -0.4 is 0 Å². The van der Waals surface area contributed by atoms with E-state index in [2.05, 4.69) is 0 Å². The number of benzene rings is 1. The predicted octanol–water partition coefficient (Wildman–Crippen LogP) is 7.44. The van der Waals surface area contributed by atoms with Crippen LogP contribution in [0.25, 0.3) is 0 Å². The highest BCUT2D eigenvalue weighted by atomic mass is 19.4. The fraction of sp³-hybridized carbons (Fsp3) is 0.533. The number of halogens is 22. The van der Waals surface area contributed by atoms with Crippen LogP contribution >= 0.6 is 0 Å². The molecule has 1 aromatic carbocycles. The van der Waals surface area contributed by atoms with E-state index in [1.54, 1.807) is 0 Å². The number of alkyl halides is 17. The highest BCUT2D eigenvalue weighted by Gasteiger charge is 2.85. The van der Waals surface area contributed by atoms with E-state index in [0.29, 0.717) is 0 Å². The summed E-state index contributed by atoms with van der Waals surface area (Å²) in [6.45, 7) is 0. The maximum absolute atomic E-state index is 14.4. The molecule has 0 amide bonds. The van der Waals surface area contributed by atoms with Crippen molar-refractivity contribution in [3.8, 4) is 0 Å². The second-order valence-corrected chi connectivity index (χ2v) is 6.77. The summed E-state index contributed by atoms with van der Waals surface area (Å²) in [7, 11) is 0. The van der Waals surface area contributed by atoms with Gasteiger partial charge in [-0.2, -0.15) is 74.6 Å². The minimum Gasteiger partial charge on any atom is -0.287 e. The second-order valence-electron chi connectivity index (χ2n) is 6.77. The summed E-state index contributed by atoms with van der Waals surface area (Å²) in [6, 6.07) is 0. The van der Waals surface area contributed by atoms with E-state index in [0.717, 1.165) is 4.74 Å². The van der Waals surface area contributed by atoms with Crippen molar-refractivity contribution >= 4 is 5.78 Å². The Bertz CT molecular complexity index is 1120. The third kappa shape index (κ3) is 5.32. The molecule has 0 bridgehead atoms. The van der Waals surface area contributed by atoms with Gasteiger partial charge in [-0.15, -0.1) is 0 Å². The lowest BCUT2D eigenvalue weighted by Gasteiger charge is -2.40. The van der Waals surface area contributed by atoms with Gasteiger partial charge in [0, 0.05) is 0 Å². The molecular formula is C15F22O3. The summed E-state index contributed by atoms with van der Waals surface area (Å²) < 4.78 is 291. The summed E-state index contributed by atoms with van der Waals surface area (Å²) in [5.74, 6) is -46.8. The lowest BCUT2D eigenvalue weighted by atomic mass is 10.0. The van der Waals surface area contributed by atoms with Crippen LogP contribution in [0.1, 0.15) is 10.4 Å². The standard InChI is InChI=1S/C15F22O3/c16-2-1(3(17)5(19)6(20)4(2)18)7(38)8(21,11(25,26)27)39-15(36,37)10(24,13(31,32)33)40-14(34,35)9(22,23)12(28,29)30. The Hall–Kier alpha value is -2.73. The molecule has 25 heteroatoms. The molecule has 0 heterocycles. The first kappa shape index (κ1) is 35.3. The minimum atomic E-state index is -8.45. The van der Waals surface area contributed by atoms with Crippen molar-refractivity contribution in [1.82, 2.24) is 0 Å². The van der Waals surface area contributed by atoms with E-state index in [-0.39, 0.29) is 0 Å². The minimum absolute atomic E-state index is 1.16. The summed E-state index contributed by atoms with van der Waals surface area (Å²) in [4.78, 5) is 11.7. The predicted molar refractivity (Wildman–Crippen MR) is 73.4 cm³/mol. The van der Waals surface area contributed by atoms with E-state index < -0.39 is 88.8 Å². The van der Waals surface area contributed by atoms with Crippen molar-refractivity contribution in [3.63, 3.8) is 0 Å². The number of ether oxygens (including phenoxy) is 2. The number of ketones is 1. The quantitative estimate of drug-likeness (QED) is 0.128. The van der Waals surface area contributed by atoms with Gasteiger partial charge in [0.1, 0.15) is 5.56 Å². The molecule has 1 rings (SSSR count). The van der Waals surface area contributed by atoms with Crippen molar-refractivity contribution in [2.45, 2.75) is 48.4 Å². The van der Waals surface area contributed by atoms with Crippen molar-refractivity contribution in [2.24, 2.45) is 0 Å². The average Bonchev–Trinajstić information content (AvgIpc) is 2.73. The largest absolute Gasteiger partial charge is 0.462 e. The molecule has 0 saturated heterocycles. The molecule has 1 aromatic rings. The Morgan fingerprint density at radius 2 is 0.800 bits per heavy atom. The molecule has 0 fully saturated rings. The highest BCUT2D eigenvalue weighted by molar-refractivity contribution is 6.02. The zero-order valence-electron chi connectivity index (χ0n) is 17.0. The first-order valence-corrected chi connectivity index (χ1v) is 8.43. The van der Waals surface area contributed by atoms with Gasteiger partial charge in [0.25, 0.3) is 0 Å². The number of carbonyl (C=O) groups excluding carboxylic acids is 1. The number of hydrogen-bond acceptors (Lipinski definition) is 3. The Kier molecular flexibility index (Phi) is 8.54. The lowest BCUT2D eigenvalue weighted by Crippen LogP contribution is -2.68. The van der Waals surface area contributed by atoms with Crippen molar-refractivity contribution in [3.05, 3.63) is 34.6 Å². The normalized spacial score (nSPS) is 17.4. The van der Waals surface area contributed by atoms with Crippen LogP contribution in [-0.4, -0.2) is 54.2 Å². The first-order valence-electron chi connectivity index (χ1n) is 8.43. The maximum Gasteiger partial charge on any atom is 0.462 e. The number of carbonyl (C=O) groups is 1. The van der Waals surface area contributed by atoms with Gasteiger partial charge in [-0.05, 0) is 0 Å². The highest BCUT2D eigenvalue weighted by Crippen LogP contribution is 2.57. The molecule has 0 N–H and O–H groups in total. The first-order chi connectivity index (χ1) is 17.3. The van der Waals surface area contributed by atoms with Gasteiger partial charge in [0.15, 0.2) is 23.3 Å². The fourth-order valence-corrected chi connectivity index (χ4v) is 2.13. The van der Waals surface area contributed by atoms with Crippen LogP contribution in [0.15, 0.2) is 0 Å². The van der Waals surface area contributed by atoms with Crippen LogP contribution in [0.3, 0.4) is 0 Å². The topological polar surface area (TPSA) is 35.5 Å². The molecule has 0 radical (unpaired) electrons. The third-order valence-corrected chi connectivity index (χ3v) is 4.09. The van der Waals surface area contributed by atoms with Gasteiger partial charge in [-0.25, -0.2) is 22.0 Å². The zero-order valence-corrected chi connectivity index (χ0v) is 17.0. The Morgan fingerprint density at radius 3 is 1.10 bits per heavy atom. The molecule has 0 saturated carbocycles. The van der Waals surface area contributed by atoms with Gasteiger partial charge in [0.05, 0.1) is 0 Å². The molecule has 232 valence electrons. The molecule has 0 aliphatic heterocycles. The Labute approximate surface area is 201 Å². The number of rotatable bonds is 8. The third-order valence-electron chi connectivity index (χ3n) is 4.09. The molecule has 0 aliphatic rings. The molecule has 0 aromatic heterocycles. The summed E-state index contributed by atoms with van der Waals surface area (Å²) in [6.07, 6.45) is -40.5. The smallest absolute Gasteiger partial charge is 0.287 e. The van der Waals surface area contributed by atoms with Crippen molar-refractivity contribution < 1.29 is 111 Å². The van der Waals surface area contributed by atoms with Gasteiger partial charge in [-0.3, -0.25) is 14.3 Å². The van der Waals surface area contributed by atoms with Crippen LogP contribution in [0, 0.1) is 29.1 Å². The molecule has 2 atom stereocenters. The monoisotopic (exact) mass is 646 g/mol. The molecule has 2 unspecified atom stereocenters. The van der Waals surface area contributed by atoms with E-state index in [1.807, 2.05) is 0 Å². The summed E-state index contributed by atoms with van der Waals surface area (Å²) in [5.41, 5.74) is -3.78. The van der Waals surface area contributed by atoms with Gasteiger partial charge in [0.2, 0.25) is 11.6 Å². The number of Topliss-reactive ketones (excluding diaryl/α,β-unsaturated/α-hetero) is 1. The lowest BCUT2D eigenvalue weighted by molar-refractivity contribution is -0.547. The van der Waals surface area contributed by atoms with Gasteiger partial charge < -0.3 is 0 Å². The molecule has 0 aliphatic carbocycles. The van der Waals surface area contributed by atoms with Crippen LogP contribution in [0.4, 0.5) is 96.6 Å². The van der Waals surface area contributed by atoms with Crippen LogP contribution in [0.5, 0.6) is 0 Å². The Morgan fingerprint density at radius 1 is 0.450 bits per heavy atom. The molecule has 40 heavy (non-hydrogen) atoms. The van der Waals surface area contributed by atoms with Crippen molar-refractivity contribution in [1.29, 1.82) is 0 Å². The van der Waals surface area contributed by atoms with Crippen LogP contribution in [-0.2, 0) is 9.47 Å². The average molecular weight is 646 g/mol. The van der Waals surface area contributed by atoms with Gasteiger partial charge >= 0.3 is 48.4 Å². The second kappa shape index (κ2) is 9.68. The SMILES string of the molecule is O=C(c1c(F)c(F)c(F)c(F)c1F)C(F)(OC(F)(F)C(F)(OC(F)(F)C(F)(F)C(F)(F)F)C(F)(F)F)C(F)(F)F. The fourth-order valence-electron chi connectivity index (χ4n) is 2.13. The maximum atomic E-state index is 14.4. The molecular weight excluding hydrogens is 646 g/mol. The Balaban J connectivity index is 3.94.